The Balaban J connectivity index is 0. The molecule has 0 spiro atoms. The third kappa shape index (κ3) is 3.93. The van der Waals surface area contributed by atoms with E-state index in [2.05, 4.69) is 11.6 Å². The van der Waals surface area contributed by atoms with Gasteiger partial charge in [0.15, 0.2) is 0 Å². The predicted molar refractivity (Wildman–Crippen MR) is 56.1 cm³/mol. The Morgan fingerprint density at radius 2 is 2.20 bits per heavy atom. The SMILES string of the molecule is C.CCc1nc(C(O)[C@@H](N)CC)no1.[3H]F. The van der Waals surface area contributed by atoms with Gasteiger partial charge in [-0.25, -0.2) is 0 Å². The topological polar surface area (TPSA) is 85.2 Å². The summed E-state index contributed by atoms with van der Waals surface area (Å²) < 4.78 is 17.9. The van der Waals surface area contributed by atoms with Crippen molar-refractivity contribution >= 4 is 0 Å². The molecule has 3 N–H and O–H groups in total. The number of nitrogens with two attached hydrogens (primary N) is 1. The number of aliphatic hydroxyl groups is 1. The van der Waals surface area contributed by atoms with Crippen LogP contribution in [0.3, 0.4) is 0 Å². The lowest BCUT2D eigenvalue weighted by molar-refractivity contribution is 0.132. The molecular weight excluding hydrogens is 201 g/mol. The summed E-state index contributed by atoms with van der Waals surface area (Å²) in [5, 5.41) is 13.2. The zero-order chi connectivity index (χ0) is 11.8. The predicted octanol–water partition coefficient (Wildman–Crippen LogP) is 1.19. The van der Waals surface area contributed by atoms with Crippen molar-refractivity contribution in [3.8, 4) is 0 Å². The quantitative estimate of drug-likeness (QED) is 0.800. The highest BCUT2D eigenvalue weighted by Crippen LogP contribution is 2.13. The normalized spacial score (nSPS) is 14.1. The molecule has 0 aliphatic rings. The van der Waals surface area contributed by atoms with Gasteiger partial charge in [0.1, 0.15) is 6.10 Å². The van der Waals surface area contributed by atoms with Gasteiger partial charge < -0.3 is 15.4 Å². The second-order valence-corrected chi connectivity index (χ2v) is 2.92. The first-order chi connectivity index (χ1) is 7.19. The first-order valence-electron chi connectivity index (χ1n) is 4.83. The van der Waals surface area contributed by atoms with Gasteiger partial charge >= 0.3 is 0 Å². The molecule has 1 aromatic rings. The number of aryl methyl sites for hydroxylation is 1. The van der Waals surface area contributed by atoms with Gasteiger partial charge in [-0.3, -0.25) is 4.72 Å². The van der Waals surface area contributed by atoms with Crippen molar-refractivity contribution in [2.24, 2.45) is 5.73 Å². The summed E-state index contributed by atoms with van der Waals surface area (Å²) in [5.74, 6) is 0.809. The second kappa shape index (κ2) is 7.30. The number of rotatable bonds is 4. The first kappa shape index (κ1) is 14.0. The molecule has 0 bridgehead atoms. The molecule has 1 heterocycles. The van der Waals surface area contributed by atoms with Crippen molar-refractivity contribution in [3.05, 3.63) is 11.7 Å². The lowest BCUT2D eigenvalue weighted by Gasteiger charge is -2.12. The number of aliphatic hydroxyl groups excluding tert-OH is 1. The molecule has 1 aromatic heterocycles. The molecule has 0 aliphatic carbocycles. The maximum Gasteiger partial charge on any atom is 0.269 e. The van der Waals surface area contributed by atoms with E-state index in [0.29, 0.717) is 18.7 Å². The van der Waals surface area contributed by atoms with Crippen molar-refractivity contribution in [1.29, 1.82) is 1.45 Å². The number of hydrogen-bond acceptors (Lipinski definition) is 5. The number of nitrogens with zero attached hydrogens (tertiary/aromatic N) is 2. The highest BCUT2D eigenvalue weighted by molar-refractivity contribution is 4.94. The van der Waals surface area contributed by atoms with Crippen molar-refractivity contribution in [1.82, 2.24) is 10.1 Å². The van der Waals surface area contributed by atoms with Crippen LogP contribution in [0.1, 0.15) is 45.5 Å². The van der Waals surface area contributed by atoms with Gasteiger partial charge in [0, 0.05) is 12.5 Å². The molecule has 0 aliphatic heterocycles. The van der Waals surface area contributed by atoms with Gasteiger partial charge in [0.05, 0.1) is 0 Å². The molecule has 5 nitrogen and oxygen atoms in total. The molecule has 15 heavy (non-hydrogen) atoms. The van der Waals surface area contributed by atoms with Gasteiger partial charge in [-0.1, -0.05) is 26.4 Å². The van der Waals surface area contributed by atoms with Crippen LogP contribution >= 0.6 is 0 Å². The van der Waals surface area contributed by atoms with Gasteiger partial charge in [-0.15, -0.1) is 0 Å². The van der Waals surface area contributed by atoms with E-state index in [9.17, 15) is 5.11 Å². The van der Waals surface area contributed by atoms with E-state index in [1.165, 1.54) is 0 Å². The molecule has 0 saturated carbocycles. The van der Waals surface area contributed by atoms with E-state index in [1.807, 2.05) is 13.8 Å². The first-order valence-corrected chi connectivity index (χ1v) is 4.45. The van der Waals surface area contributed by atoms with Crippen molar-refractivity contribution in [2.75, 3.05) is 0 Å². The largest absolute Gasteiger partial charge is 0.383 e. The molecule has 0 saturated heterocycles. The van der Waals surface area contributed by atoms with Gasteiger partial charge in [-0.2, -0.15) is 4.98 Å². The molecule has 1 unspecified atom stereocenters. The van der Waals surface area contributed by atoms with Crippen LogP contribution in [0.5, 0.6) is 0 Å². The fourth-order valence-electron chi connectivity index (χ4n) is 0.947. The minimum atomic E-state index is -0.825. The lowest BCUT2D eigenvalue weighted by atomic mass is 10.1. The Morgan fingerprint density at radius 3 is 2.60 bits per heavy atom. The maximum absolute atomic E-state index is 9.59. The lowest BCUT2D eigenvalue weighted by Crippen LogP contribution is -2.28. The van der Waals surface area contributed by atoms with E-state index in [0.717, 1.165) is 0 Å². The van der Waals surface area contributed by atoms with E-state index >= 15 is 0 Å². The summed E-state index contributed by atoms with van der Waals surface area (Å²) in [6.07, 6.45) is 0.521. The summed E-state index contributed by atoms with van der Waals surface area (Å²) in [7, 11) is 0. The number of aromatic nitrogens is 2. The molecule has 6 heteroatoms. The minimum Gasteiger partial charge on any atom is -0.383 e. The molecule has 0 fully saturated rings. The van der Waals surface area contributed by atoms with Crippen molar-refractivity contribution in [3.63, 3.8) is 0 Å². The Hall–Kier alpha value is -1.01. The Kier molecular flexibility index (Phi) is 6.81. The van der Waals surface area contributed by atoms with E-state index in [1.54, 1.807) is 0 Å². The van der Waals surface area contributed by atoms with Crippen LogP contribution in [-0.4, -0.2) is 22.7 Å². The Labute approximate surface area is 90.6 Å². The zero-order valence-corrected chi connectivity index (χ0v) is 8.27. The Bertz CT molecular complexity index is 273. The molecule has 1 rings (SSSR count). The molecule has 90 valence electrons. The van der Waals surface area contributed by atoms with E-state index in [-0.39, 0.29) is 19.3 Å². The number of hydrogen-bond donors (Lipinski definition) is 2. The summed E-state index contributed by atoms with van der Waals surface area (Å²) in [6.45, 7) is 3.80. The highest BCUT2D eigenvalue weighted by Gasteiger charge is 2.20. The van der Waals surface area contributed by atoms with Crippen LogP contribution in [0, 0.1) is 0 Å². The van der Waals surface area contributed by atoms with Crippen LogP contribution in [0.25, 0.3) is 0 Å². The standard InChI is InChI=1S/C8H15N3O2.CH4.FH/c1-3-5(9)7(12)8-10-6(4-2)13-11-8;;/h5,7,12H,3-4,9H2,1-2H3;1H4;1H/t5-,7?;;/m0../s1/i/hT. The van der Waals surface area contributed by atoms with Crippen LogP contribution < -0.4 is 5.73 Å². The molecular formula is C9H20FN3O2. The number of halogens is 1. The summed E-state index contributed by atoms with van der Waals surface area (Å²) in [4.78, 5) is 3.99. The smallest absolute Gasteiger partial charge is 0.269 e. The Morgan fingerprint density at radius 1 is 1.60 bits per heavy atom. The van der Waals surface area contributed by atoms with Gasteiger partial charge in [0.25, 0.3) is 1.45 Å². The van der Waals surface area contributed by atoms with Gasteiger partial charge in [-0.05, 0) is 6.42 Å². The summed E-state index contributed by atoms with van der Waals surface area (Å²) in [5.41, 5.74) is 5.63. The monoisotopic (exact) mass is 223 g/mol. The summed E-state index contributed by atoms with van der Waals surface area (Å²) in [6, 6.07) is -0.331. The maximum atomic E-state index is 9.59. The van der Waals surface area contributed by atoms with Crippen LogP contribution in [-0.2, 0) is 6.42 Å². The average Bonchev–Trinajstić information content (AvgIpc) is 2.78. The summed E-state index contributed by atoms with van der Waals surface area (Å²) >= 11 is 0. The van der Waals surface area contributed by atoms with Crippen LogP contribution in [0.2, 0.25) is 0 Å². The van der Waals surface area contributed by atoms with E-state index in [4.69, 9.17) is 15.0 Å². The van der Waals surface area contributed by atoms with Crippen LogP contribution in [0.15, 0.2) is 4.52 Å². The van der Waals surface area contributed by atoms with Crippen molar-refractivity contribution in [2.45, 2.75) is 46.3 Å². The highest BCUT2D eigenvalue weighted by atomic mass is 19.0. The van der Waals surface area contributed by atoms with Gasteiger partial charge in [0.2, 0.25) is 11.7 Å². The second-order valence-electron chi connectivity index (χ2n) is 2.92. The fourth-order valence-corrected chi connectivity index (χ4v) is 0.947. The molecule has 2 atom stereocenters. The third-order valence-corrected chi connectivity index (χ3v) is 1.93. The zero-order valence-electron chi connectivity index (χ0n) is 9.27. The third-order valence-electron chi connectivity index (χ3n) is 1.93. The minimum absolute atomic E-state index is 0. The van der Waals surface area contributed by atoms with Crippen LogP contribution in [0.4, 0.5) is 4.72 Å². The fraction of sp³-hybridized carbons (Fsp3) is 0.778. The molecule has 0 radical (unpaired) electrons. The molecule has 0 amide bonds. The van der Waals surface area contributed by atoms with Crippen molar-refractivity contribution < 1.29 is 14.3 Å². The average molecular weight is 223 g/mol. The van der Waals surface area contributed by atoms with E-state index < -0.39 is 6.10 Å². The molecule has 0 aromatic carbocycles.